The van der Waals surface area contributed by atoms with Crippen LogP contribution >= 0.6 is 0 Å². The van der Waals surface area contributed by atoms with Crippen LogP contribution in [0.5, 0.6) is 0 Å². The number of hydrogen-bond donors (Lipinski definition) is 0. The lowest BCUT2D eigenvalue weighted by atomic mass is 9.99. The van der Waals surface area contributed by atoms with Gasteiger partial charge in [0.15, 0.2) is 0 Å². The molecule has 0 radical (unpaired) electrons. The highest BCUT2D eigenvalue weighted by Gasteiger charge is 2.17. The SMILES string of the molecule is C=C(OCC(CC)CCCCC)C(C)CC(=O)OCC(CC)CCCC. The van der Waals surface area contributed by atoms with Crippen molar-refractivity contribution < 1.29 is 14.3 Å². The van der Waals surface area contributed by atoms with Crippen LogP contribution in [0.15, 0.2) is 12.3 Å². The zero-order valence-corrected chi connectivity index (χ0v) is 18.1. The lowest BCUT2D eigenvalue weighted by Crippen LogP contribution is -2.18. The summed E-state index contributed by atoms with van der Waals surface area (Å²) in [5, 5.41) is 0. The minimum absolute atomic E-state index is 0.00589. The first-order valence-corrected chi connectivity index (χ1v) is 10.9. The number of unbranched alkanes of at least 4 members (excludes halogenated alkanes) is 3. The van der Waals surface area contributed by atoms with Crippen molar-refractivity contribution in [3.8, 4) is 0 Å². The monoisotopic (exact) mass is 368 g/mol. The lowest BCUT2D eigenvalue weighted by molar-refractivity contribution is -0.146. The van der Waals surface area contributed by atoms with Crippen molar-refractivity contribution in [3.63, 3.8) is 0 Å². The summed E-state index contributed by atoms with van der Waals surface area (Å²) in [6.45, 7) is 16.1. The van der Waals surface area contributed by atoms with Gasteiger partial charge in [-0.2, -0.15) is 0 Å². The molecule has 0 amide bonds. The van der Waals surface area contributed by atoms with Gasteiger partial charge in [-0.05, 0) is 24.7 Å². The summed E-state index contributed by atoms with van der Waals surface area (Å²) in [6, 6.07) is 0. The first-order chi connectivity index (χ1) is 12.5. The van der Waals surface area contributed by atoms with Crippen LogP contribution in [-0.2, 0) is 14.3 Å². The molecular formula is C23H44O3. The first kappa shape index (κ1) is 25.0. The predicted molar refractivity (Wildman–Crippen MR) is 111 cm³/mol. The molecular weight excluding hydrogens is 324 g/mol. The molecule has 26 heavy (non-hydrogen) atoms. The average molecular weight is 369 g/mol. The topological polar surface area (TPSA) is 35.5 Å². The van der Waals surface area contributed by atoms with E-state index in [1.54, 1.807) is 0 Å². The van der Waals surface area contributed by atoms with Crippen LogP contribution in [0.25, 0.3) is 0 Å². The number of allylic oxidation sites excluding steroid dienone is 1. The van der Waals surface area contributed by atoms with Gasteiger partial charge >= 0.3 is 5.97 Å². The second-order valence-corrected chi connectivity index (χ2v) is 7.75. The van der Waals surface area contributed by atoms with E-state index < -0.39 is 0 Å². The number of esters is 1. The van der Waals surface area contributed by atoms with Crippen molar-refractivity contribution in [3.05, 3.63) is 12.3 Å². The zero-order valence-electron chi connectivity index (χ0n) is 18.1. The third-order valence-corrected chi connectivity index (χ3v) is 5.34. The smallest absolute Gasteiger partial charge is 0.306 e. The van der Waals surface area contributed by atoms with E-state index in [2.05, 4.69) is 34.3 Å². The Bertz CT molecular complexity index is 364. The fraction of sp³-hybridized carbons (Fsp3) is 0.870. The van der Waals surface area contributed by atoms with Crippen LogP contribution in [-0.4, -0.2) is 19.2 Å². The van der Waals surface area contributed by atoms with Gasteiger partial charge in [0.25, 0.3) is 0 Å². The molecule has 0 saturated heterocycles. The Labute approximate surface area is 162 Å². The van der Waals surface area contributed by atoms with Gasteiger partial charge in [0.05, 0.1) is 25.4 Å². The molecule has 0 bridgehead atoms. The van der Waals surface area contributed by atoms with Gasteiger partial charge in [-0.15, -0.1) is 0 Å². The molecule has 0 fully saturated rings. The fourth-order valence-corrected chi connectivity index (χ4v) is 2.99. The molecule has 0 saturated carbocycles. The fourth-order valence-electron chi connectivity index (χ4n) is 2.99. The van der Waals surface area contributed by atoms with E-state index in [0.717, 1.165) is 19.3 Å². The summed E-state index contributed by atoms with van der Waals surface area (Å²) < 4.78 is 11.4. The molecule has 3 heteroatoms. The van der Waals surface area contributed by atoms with Crippen molar-refractivity contribution in [2.24, 2.45) is 17.8 Å². The summed E-state index contributed by atoms with van der Waals surface area (Å²) in [5.41, 5.74) is 0. The van der Waals surface area contributed by atoms with Crippen LogP contribution in [0.2, 0.25) is 0 Å². The van der Waals surface area contributed by atoms with Gasteiger partial charge in [-0.3, -0.25) is 4.79 Å². The molecule has 3 unspecified atom stereocenters. The van der Waals surface area contributed by atoms with Crippen LogP contribution in [0.1, 0.15) is 98.8 Å². The van der Waals surface area contributed by atoms with Crippen LogP contribution < -0.4 is 0 Å². The third kappa shape index (κ3) is 12.4. The molecule has 0 aromatic heterocycles. The van der Waals surface area contributed by atoms with E-state index in [0.29, 0.717) is 37.2 Å². The van der Waals surface area contributed by atoms with Crippen LogP contribution in [0.3, 0.4) is 0 Å². The van der Waals surface area contributed by atoms with Crippen molar-refractivity contribution >= 4 is 5.97 Å². The summed E-state index contributed by atoms with van der Waals surface area (Å²) in [5.74, 6) is 1.66. The second-order valence-electron chi connectivity index (χ2n) is 7.75. The molecule has 0 spiro atoms. The molecule has 3 atom stereocenters. The van der Waals surface area contributed by atoms with Gasteiger partial charge < -0.3 is 9.47 Å². The number of ether oxygens (including phenoxy) is 2. The van der Waals surface area contributed by atoms with Crippen molar-refractivity contribution in [1.29, 1.82) is 0 Å². The molecule has 0 N–H and O–H groups in total. The Morgan fingerprint density at radius 3 is 1.92 bits per heavy atom. The Kier molecular flexibility index (Phi) is 15.6. The Morgan fingerprint density at radius 1 is 0.846 bits per heavy atom. The van der Waals surface area contributed by atoms with Crippen molar-refractivity contribution in [2.75, 3.05) is 13.2 Å². The van der Waals surface area contributed by atoms with E-state index in [9.17, 15) is 4.79 Å². The highest BCUT2D eigenvalue weighted by molar-refractivity contribution is 5.70. The summed E-state index contributed by atoms with van der Waals surface area (Å²) in [6.07, 6.45) is 11.1. The quantitative estimate of drug-likeness (QED) is 0.159. The van der Waals surface area contributed by atoms with Gasteiger partial charge in [0.1, 0.15) is 0 Å². The van der Waals surface area contributed by atoms with E-state index in [-0.39, 0.29) is 11.9 Å². The normalized spacial score (nSPS) is 14.5. The maximum atomic E-state index is 12.1. The maximum Gasteiger partial charge on any atom is 0.306 e. The molecule has 3 nitrogen and oxygen atoms in total. The highest BCUT2D eigenvalue weighted by Crippen LogP contribution is 2.20. The Hall–Kier alpha value is -0.990. The summed E-state index contributed by atoms with van der Waals surface area (Å²) >= 11 is 0. The Balaban J connectivity index is 4.09. The van der Waals surface area contributed by atoms with E-state index >= 15 is 0 Å². The lowest BCUT2D eigenvalue weighted by Gasteiger charge is -2.20. The molecule has 0 aromatic rings. The average Bonchev–Trinajstić information content (AvgIpc) is 2.64. The largest absolute Gasteiger partial charge is 0.498 e. The molecule has 0 aliphatic heterocycles. The third-order valence-electron chi connectivity index (χ3n) is 5.34. The van der Waals surface area contributed by atoms with Crippen LogP contribution in [0.4, 0.5) is 0 Å². The maximum absolute atomic E-state index is 12.1. The van der Waals surface area contributed by atoms with Gasteiger partial charge in [-0.1, -0.05) is 86.1 Å². The second kappa shape index (κ2) is 16.2. The van der Waals surface area contributed by atoms with Gasteiger partial charge in [-0.25, -0.2) is 0 Å². The zero-order chi connectivity index (χ0) is 19.8. The molecule has 0 aliphatic rings. The molecule has 0 aliphatic carbocycles. The molecule has 0 rings (SSSR count). The number of hydrogen-bond acceptors (Lipinski definition) is 3. The minimum atomic E-state index is -0.132. The number of rotatable bonds is 17. The standard InChI is InChI=1S/C23H44O3/c1-7-11-13-15-22(10-4)17-25-20(6)19(5)16-23(24)26-18-21(9-3)14-12-8-2/h19,21-22H,6-18H2,1-5H3. The van der Waals surface area contributed by atoms with Crippen LogP contribution in [0, 0.1) is 17.8 Å². The van der Waals surface area contributed by atoms with E-state index in [4.69, 9.17) is 9.47 Å². The molecule has 154 valence electrons. The Morgan fingerprint density at radius 2 is 1.38 bits per heavy atom. The first-order valence-electron chi connectivity index (χ1n) is 10.9. The van der Waals surface area contributed by atoms with E-state index in [1.165, 1.54) is 38.5 Å². The number of carbonyl (C=O) groups is 1. The summed E-state index contributed by atoms with van der Waals surface area (Å²) in [4.78, 5) is 12.1. The van der Waals surface area contributed by atoms with Crippen molar-refractivity contribution in [1.82, 2.24) is 0 Å². The van der Waals surface area contributed by atoms with Gasteiger partial charge in [0, 0.05) is 5.92 Å². The highest BCUT2D eigenvalue weighted by atomic mass is 16.5. The van der Waals surface area contributed by atoms with Crippen molar-refractivity contribution in [2.45, 2.75) is 98.8 Å². The predicted octanol–water partition coefficient (Wildman–Crippen LogP) is 6.91. The minimum Gasteiger partial charge on any atom is -0.498 e. The molecule has 0 aromatic carbocycles. The molecule has 0 heterocycles. The van der Waals surface area contributed by atoms with Gasteiger partial charge in [0.2, 0.25) is 0 Å². The van der Waals surface area contributed by atoms with E-state index in [1.807, 2.05) is 6.92 Å². The number of carbonyl (C=O) groups excluding carboxylic acids is 1. The summed E-state index contributed by atoms with van der Waals surface area (Å²) in [7, 11) is 0.